The van der Waals surface area contributed by atoms with E-state index in [2.05, 4.69) is 35.3 Å². The van der Waals surface area contributed by atoms with Crippen LogP contribution < -0.4 is 0 Å². The molecule has 108 valence electrons. The van der Waals surface area contributed by atoms with E-state index in [0.29, 0.717) is 0 Å². The Morgan fingerprint density at radius 2 is 1.90 bits per heavy atom. The number of nitrogens with zero attached hydrogens (tertiary/aromatic N) is 3. The number of aliphatic hydroxyl groups is 1. The maximum atomic E-state index is 10.8. The van der Waals surface area contributed by atoms with Gasteiger partial charge in [-0.2, -0.15) is 0 Å². The minimum Gasteiger partial charge on any atom is -0.383 e. The van der Waals surface area contributed by atoms with Crippen molar-refractivity contribution in [3.05, 3.63) is 52.7 Å². The fourth-order valence-corrected chi connectivity index (χ4v) is 3.26. The van der Waals surface area contributed by atoms with Gasteiger partial charge in [0.05, 0.1) is 16.1 Å². The van der Waals surface area contributed by atoms with Crippen LogP contribution in [0.1, 0.15) is 43.0 Å². The number of aliphatic hydroxyl groups excluding tert-OH is 1. The molecule has 0 aliphatic rings. The molecule has 1 aromatic carbocycles. The van der Waals surface area contributed by atoms with Gasteiger partial charge in [-0.1, -0.05) is 49.5 Å². The number of rotatable bonds is 2. The Hall–Kier alpha value is -1.85. The zero-order valence-electron chi connectivity index (χ0n) is 12.2. The van der Waals surface area contributed by atoms with Gasteiger partial charge in [0.15, 0.2) is 0 Å². The van der Waals surface area contributed by atoms with Crippen LogP contribution in [-0.4, -0.2) is 19.7 Å². The van der Waals surface area contributed by atoms with E-state index in [1.807, 2.05) is 30.3 Å². The van der Waals surface area contributed by atoms with Crippen LogP contribution in [0.3, 0.4) is 0 Å². The molecule has 0 fully saturated rings. The predicted molar refractivity (Wildman–Crippen MR) is 84.4 cm³/mol. The van der Waals surface area contributed by atoms with Crippen LogP contribution in [0.4, 0.5) is 0 Å². The predicted octanol–water partition coefficient (Wildman–Crippen LogP) is 3.47. The fourth-order valence-electron chi connectivity index (χ4n) is 2.39. The summed E-state index contributed by atoms with van der Waals surface area (Å²) in [5.41, 5.74) is 2.31. The van der Waals surface area contributed by atoms with E-state index in [1.165, 1.54) is 11.5 Å². The largest absolute Gasteiger partial charge is 0.383 e. The van der Waals surface area contributed by atoms with Crippen LogP contribution >= 0.6 is 11.5 Å². The molecule has 3 rings (SSSR count). The van der Waals surface area contributed by atoms with Crippen molar-refractivity contribution < 1.29 is 5.11 Å². The summed E-state index contributed by atoms with van der Waals surface area (Å²) in [4.78, 5) is 5.20. The highest BCUT2D eigenvalue weighted by atomic mass is 32.1. The van der Waals surface area contributed by atoms with E-state index in [0.717, 1.165) is 27.0 Å². The lowest BCUT2D eigenvalue weighted by molar-refractivity contribution is 0.222. The zero-order valence-corrected chi connectivity index (χ0v) is 13.1. The SMILES string of the molecule is CC(C)(C)c1nnsc1C(O)c1cccc2cccnc12. The number of aromatic nitrogens is 3. The van der Waals surface area contributed by atoms with Gasteiger partial charge in [0.1, 0.15) is 6.10 Å². The summed E-state index contributed by atoms with van der Waals surface area (Å²) in [7, 11) is 0. The van der Waals surface area contributed by atoms with Gasteiger partial charge in [-0.15, -0.1) is 5.10 Å². The van der Waals surface area contributed by atoms with Crippen molar-refractivity contribution in [3.63, 3.8) is 0 Å². The van der Waals surface area contributed by atoms with Crippen molar-refractivity contribution in [1.29, 1.82) is 0 Å². The molecule has 1 N–H and O–H groups in total. The van der Waals surface area contributed by atoms with Crippen LogP contribution in [-0.2, 0) is 5.41 Å². The Balaban J connectivity index is 2.14. The summed E-state index contributed by atoms with van der Waals surface area (Å²) in [6, 6.07) is 9.73. The Bertz CT molecular complexity index is 771. The molecule has 3 aromatic rings. The average molecular weight is 299 g/mol. The second-order valence-electron chi connectivity index (χ2n) is 6.06. The van der Waals surface area contributed by atoms with Crippen molar-refractivity contribution in [2.45, 2.75) is 32.3 Å². The zero-order chi connectivity index (χ0) is 15.0. The Labute approximate surface area is 127 Å². The summed E-state index contributed by atoms with van der Waals surface area (Å²) in [6.07, 6.45) is 0.992. The normalized spacial score (nSPS) is 13.5. The molecule has 2 aromatic heterocycles. The van der Waals surface area contributed by atoms with E-state index in [1.54, 1.807) is 6.20 Å². The lowest BCUT2D eigenvalue weighted by Gasteiger charge is -2.19. The number of hydrogen-bond acceptors (Lipinski definition) is 5. The smallest absolute Gasteiger partial charge is 0.119 e. The van der Waals surface area contributed by atoms with Crippen molar-refractivity contribution >= 4 is 22.4 Å². The molecule has 0 saturated carbocycles. The van der Waals surface area contributed by atoms with Gasteiger partial charge in [-0.3, -0.25) is 4.98 Å². The standard InChI is InChI=1S/C16H17N3OS/c1-16(2,3)15-14(21-19-18-15)13(20)11-8-4-6-10-7-5-9-17-12(10)11/h4-9,13,20H,1-3H3. The number of pyridine rings is 1. The van der Waals surface area contributed by atoms with Crippen LogP contribution in [0.5, 0.6) is 0 Å². The molecule has 0 saturated heterocycles. The summed E-state index contributed by atoms with van der Waals surface area (Å²) in [5, 5.41) is 16.0. The molecule has 0 bridgehead atoms. The molecule has 1 unspecified atom stereocenters. The summed E-state index contributed by atoms with van der Waals surface area (Å²) >= 11 is 1.25. The molecule has 1 atom stereocenters. The highest BCUT2D eigenvalue weighted by molar-refractivity contribution is 7.05. The lowest BCUT2D eigenvalue weighted by Crippen LogP contribution is -2.16. The third kappa shape index (κ3) is 2.54. The van der Waals surface area contributed by atoms with Crippen molar-refractivity contribution in [3.8, 4) is 0 Å². The van der Waals surface area contributed by atoms with Crippen LogP contribution in [0.2, 0.25) is 0 Å². The molecule has 4 nitrogen and oxygen atoms in total. The number of hydrogen-bond donors (Lipinski definition) is 1. The molecule has 0 aliphatic heterocycles. The van der Waals surface area contributed by atoms with Gasteiger partial charge < -0.3 is 5.11 Å². The third-order valence-corrected chi connectivity index (χ3v) is 4.21. The summed E-state index contributed by atoms with van der Waals surface area (Å²) < 4.78 is 4.03. The first-order chi connectivity index (χ1) is 9.98. The van der Waals surface area contributed by atoms with Gasteiger partial charge >= 0.3 is 0 Å². The third-order valence-electron chi connectivity index (χ3n) is 3.43. The second kappa shape index (κ2) is 5.16. The van der Waals surface area contributed by atoms with E-state index < -0.39 is 6.10 Å². The fraction of sp³-hybridized carbons (Fsp3) is 0.312. The average Bonchev–Trinajstić information content (AvgIpc) is 2.95. The number of para-hydroxylation sites is 1. The van der Waals surface area contributed by atoms with Crippen LogP contribution in [0, 0.1) is 0 Å². The number of fused-ring (bicyclic) bond motifs is 1. The molecule has 21 heavy (non-hydrogen) atoms. The quantitative estimate of drug-likeness (QED) is 0.787. The Kier molecular flexibility index (Phi) is 3.47. The van der Waals surface area contributed by atoms with Crippen molar-refractivity contribution in [1.82, 2.24) is 14.6 Å². The van der Waals surface area contributed by atoms with Crippen LogP contribution in [0.25, 0.3) is 10.9 Å². The van der Waals surface area contributed by atoms with Gasteiger partial charge in [0, 0.05) is 22.6 Å². The Morgan fingerprint density at radius 3 is 2.67 bits per heavy atom. The van der Waals surface area contributed by atoms with E-state index in [4.69, 9.17) is 0 Å². The van der Waals surface area contributed by atoms with Gasteiger partial charge in [0.25, 0.3) is 0 Å². The summed E-state index contributed by atoms with van der Waals surface area (Å²) in [5.74, 6) is 0. The highest BCUT2D eigenvalue weighted by Crippen LogP contribution is 2.35. The monoisotopic (exact) mass is 299 g/mol. The minimum atomic E-state index is -0.752. The van der Waals surface area contributed by atoms with Gasteiger partial charge in [-0.05, 0) is 17.6 Å². The van der Waals surface area contributed by atoms with Crippen LogP contribution in [0.15, 0.2) is 36.5 Å². The molecule has 0 aliphatic carbocycles. The maximum absolute atomic E-state index is 10.8. The van der Waals surface area contributed by atoms with Crippen molar-refractivity contribution in [2.24, 2.45) is 0 Å². The summed E-state index contributed by atoms with van der Waals surface area (Å²) in [6.45, 7) is 6.21. The molecule has 5 heteroatoms. The topological polar surface area (TPSA) is 58.9 Å². The molecule has 2 heterocycles. The Morgan fingerprint density at radius 1 is 1.14 bits per heavy atom. The molecule has 0 radical (unpaired) electrons. The first kappa shape index (κ1) is 14.1. The van der Waals surface area contributed by atoms with Crippen molar-refractivity contribution in [2.75, 3.05) is 0 Å². The maximum Gasteiger partial charge on any atom is 0.119 e. The van der Waals surface area contributed by atoms with Gasteiger partial charge in [0.2, 0.25) is 0 Å². The first-order valence-corrected chi connectivity index (χ1v) is 7.60. The minimum absolute atomic E-state index is 0.151. The molecule has 0 spiro atoms. The molecule has 0 amide bonds. The van der Waals surface area contributed by atoms with E-state index in [9.17, 15) is 5.11 Å². The molecular formula is C16H17N3OS. The second-order valence-corrected chi connectivity index (χ2v) is 6.85. The van der Waals surface area contributed by atoms with E-state index in [-0.39, 0.29) is 5.41 Å². The lowest BCUT2D eigenvalue weighted by atomic mass is 9.89. The highest BCUT2D eigenvalue weighted by Gasteiger charge is 2.28. The first-order valence-electron chi connectivity index (χ1n) is 6.83. The van der Waals surface area contributed by atoms with E-state index >= 15 is 0 Å². The van der Waals surface area contributed by atoms with Gasteiger partial charge in [-0.25, -0.2) is 0 Å². The number of benzene rings is 1. The molecular weight excluding hydrogens is 282 g/mol.